The molecule has 6 nitrogen and oxygen atoms in total. The van der Waals surface area contributed by atoms with E-state index in [-0.39, 0.29) is 24.5 Å². The van der Waals surface area contributed by atoms with Gasteiger partial charge >= 0.3 is 0 Å². The fraction of sp³-hybridized carbons (Fsp3) is 0.500. The molecule has 2 heterocycles. The maximum Gasteiger partial charge on any atom is 0.253 e. The molecule has 1 amide bonds. The van der Waals surface area contributed by atoms with Gasteiger partial charge in [-0.3, -0.25) is 4.79 Å². The van der Waals surface area contributed by atoms with Gasteiger partial charge in [0.1, 0.15) is 5.52 Å². The molecule has 1 atom stereocenters. The summed E-state index contributed by atoms with van der Waals surface area (Å²) in [6.45, 7) is 4.09. The van der Waals surface area contributed by atoms with Crippen LogP contribution in [0, 0.1) is 5.92 Å². The largest absolute Gasteiger partial charge is 0.396 e. The number of aryl methyl sites for hydroxylation is 1. The molecule has 0 saturated carbocycles. The fourth-order valence-corrected chi connectivity index (χ4v) is 2.10. The first-order chi connectivity index (χ1) is 9.52. The Kier molecular flexibility index (Phi) is 4.34. The molecule has 108 valence electrons. The number of rotatable bonds is 5. The quantitative estimate of drug-likeness (QED) is 0.857. The summed E-state index contributed by atoms with van der Waals surface area (Å²) in [5, 5.41) is 12.0. The van der Waals surface area contributed by atoms with Crippen molar-refractivity contribution in [1.82, 2.24) is 19.9 Å². The van der Waals surface area contributed by atoms with Crippen LogP contribution in [0.1, 0.15) is 30.6 Å². The zero-order chi connectivity index (χ0) is 14.7. The number of aliphatic hydroxyl groups is 1. The van der Waals surface area contributed by atoms with E-state index < -0.39 is 0 Å². The molecule has 0 spiro atoms. The Morgan fingerprint density at radius 2 is 2.20 bits per heavy atom. The molecule has 0 fully saturated rings. The van der Waals surface area contributed by atoms with E-state index in [1.54, 1.807) is 23.2 Å². The maximum absolute atomic E-state index is 12.2. The van der Waals surface area contributed by atoms with Crippen LogP contribution in [0.15, 0.2) is 18.6 Å². The molecule has 0 saturated heterocycles. The highest BCUT2D eigenvalue weighted by molar-refractivity contribution is 5.96. The molecule has 0 aliphatic heterocycles. The monoisotopic (exact) mass is 276 g/mol. The third-order valence-electron chi connectivity index (χ3n) is 3.37. The van der Waals surface area contributed by atoms with Crippen LogP contribution >= 0.6 is 0 Å². The predicted octanol–water partition coefficient (Wildman–Crippen LogP) is 1.11. The van der Waals surface area contributed by atoms with Gasteiger partial charge in [-0.2, -0.15) is 0 Å². The van der Waals surface area contributed by atoms with E-state index in [2.05, 4.69) is 15.3 Å². The fourth-order valence-electron chi connectivity index (χ4n) is 2.10. The van der Waals surface area contributed by atoms with E-state index >= 15 is 0 Å². The molecule has 0 aromatic carbocycles. The van der Waals surface area contributed by atoms with Gasteiger partial charge in [-0.05, 0) is 18.4 Å². The molecule has 0 aliphatic carbocycles. The molecule has 0 aliphatic rings. The molecule has 2 N–H and O–H groups in total. The molecule has 2 aromatic heterocycles. The van der Waals surface area contributed by atoms with E-state index in [9.17, 15) is 4.79 Å². The topological polar surface area (TPSA) is 80.0 Å². The number of aromatic nitrogens is 3. The lowest BCUT2D eigenvalue weighted by molar-refractivity contribution is 0.0916. The van der Waals surface area contributed by atoms with Crippen molar-refractivity contribution in [2.45, 2.75) is 26.3 Å². The average Bonchev–Trinajstić information content (AvgIpc) is 2.79. The van der Waals surface area contributed by atoms with Crippen molar-refractivity contribution in [3.8, 4) is 0 Å². The first-order valence-electron chi connectivity index (χ1n) is 6.71. The van der Waals surface area contributed by atoms with Gasteiger partial charge in [0.15, 0.2) is 5.65 Å². The third kappa shape index (κ3) is 2.96. The van der Waals surface area contributed by atoms with Gasteiger partial charge in [-0.25, -0.2) is 9.97 Å². The molecule has 2 rings (SSSR count). The number of aliphatic hydroxyl groups excluding tert-OH is 1. The first-order valence-corrected chi connectivity index (χ1v) is 6.71. The van der Waals surface area contributed by atoms with Crippen LogP contribution in [0.4, 0.5) is 0 Å². The number of carbonyl (C=O) groups is 1. The highest BCUT2D eigenvalue weighted by atomic mass is 16.3. The molecule has 0 radical (unpaired) electrons. The maximum atomic E-state index is 12.2. The molecular formula is C14H20N4O2. The Bertz CT molecular complexity index is 606. The van der Waals surface area contributed by atoms with E-state index in [0.29, 0.717) is 17.5 Å². The molecular weight excluding hydrogens is 256 g/mol. The molecule has 2 aromatic rings. The van der Waals surface area contributed by atoms with Gasteiger partial charge < -0.3 is 15.0 Å². The number of nitrogens with one attached hydrogen (secondary N) is 1. The summed E-state index contributed by atoms with van der Waals surface area (Å²) in [4.78, 5) is 20.7. The van der Waals surface area contributed by atoms with E-state index in [0.717, 1.165) is 5.65 Å². The van der Waals surface area contributed by atoms with Gasteiger partial charge in [-0.15, -0.1) is 0 Å². The smallest absolute Gasteiger partial charge is 0.253 e. The van der Waals surface area contributed by atoms with E-state index in [1.807, 2.05) is 20.9 Å². The normalized spacial score (nSPS) is 12.8. The standard InChI is InChI=1S/C14H20N4O2/c1-9(2)11(4-5-19)17-14(20)10-6-12-13(15-7-10)18(3)8-16-12/h6-9,11,19H,4-5H2,1-3H3,(H,17,20). The highest BCUT2D eigenvalue weighted by Crippen LogP contribution is 2.12. The van der Waals surface area contributed by atoms with Crippen LogP contribution in [0.3, 0.4) is 0 Å². The average molecular weight is 276 g/mol. The summed E-state index contributed by atoms with van der Waals surface area (Å²) in [6, 6.07) is 1.68. The number of amides is 1. The van der Waals surface area contributed by atoms with Crippen LogP contribution in [-0.4, -0.2) is 38.2 Å². The lowest BCUT2D eigenvalue weighted by Crippen LogP contribution is -2.39. The van der Waals surface area contributed by atoms with Crippen molar-refractivity contribution in [2.24, 2.45) is 13.0 Å². The van der Waals surface area contributed by atoms with Crippen LogP contribution in [0.5, 0.6) is 0 Å². The Labute approximate surface area is 117 Å². The SMILES string of the molecule is CC(C)C(CCO)NC(=O)c1cnc2c(c1)ncn2C. The van der Waals surface area contributed by atoms with Crippen molar-refractivity contribution < 1.29 is 9.90 Å². The second kappa shape index (κ2) is 6.00. The highest BCUT2D eigenvalue weighted by Gasteiger charge is 2.17. The lowest BCUT2D eigenvalue weighted by atomic mass is 10.0. The summed E-state index contributed by atoms with van der Waals surface area (Å²) in [5.41, 5.74) is 1.93. The zero-order valence-electron chi connectivity index (χ0n) is 12.0. The summed E-state index contributed by atoms with van der Waals surface area (Å²) in [7, 11) is 1.86. The number of imidazole rings is 1. The molecule has 0 bridgehead atoms. The van der Waals surface area contributed by atoms with Gasteiger partial charge in [0, 0.05) is 25.9 Å². The first kappa shape index (κ1) is 14.5. The number of fused-ring (bicyclic) bond motifs is 1. The van der Waals surface area contributed by atoms with Crippen LogP contribution in [0.2, 0.25) is 0 Å². The number of pyridine rings is 1. The second-order valence-electron chi connectivity index (χ2n) is 5.26. The lowest BCUT2D eigenvalue weighted by Gasteiger charge is -2.21. The van der Waals surface area contributed by atoms with Crippen molar-refractivity contribution in [3.05, 3.63) is 24.2 Å². The van der Waals surface area contributed by atoms with Crippen LogP contribution < -0.4 is 5.32 Å². The van der Waals surface area contributed by atoms with E-state index in [4.69, 9.17) is 5.11 Å². The van der Waals surface area contributed by atoms with Gasteiger partial charge in [0.25, 0.3) is 5.91 Å². The van der Waals surface area contributed by atoms with Crippen LogP contribution in [0.25, 0.3) is 11.2 Å². The van der Waals surface area contributed by atoms with Gasteiger partial charge in [0.05, 0.1) is 11.9 Å². The Morgan fingerprint density at radius 3 is 2.85 bits per heavy atom. The van der Waals surface area contributed by atoms with Crippen molar-refractivity contribution in [2.75, 3.05) is 6.61 Å². The predicted molar refractivity (Wildman–Crippen MR) is 76.3 cm³/mol. The minimum absolute atomic E-state index is 0.0491. The molecule has 20 heavy (non-hydrogen) atoms. The number of nitrogens with zero attached hydrogens (tertiary/aromatic N) is 3. The van der Waals surface area contributed by atoms with Crippen molar-refractivity contribution in [1.29, 1.82) is 0 Å². The number of hydrogen-bond acceptors (Lipinski definition) is 4. The minimum Gasteiger partial charge on any atom is -0.396 e. The summed E-state index contributed by atoms with van der Waals surface area (Å²) >= 11 is 0. The Morgan fingerprint density at radius 1 is 1.45 bits per heavy atom. The number of hydrogen-bond donors (Lipinski definition) is 2. The van der Waals surface area contributed by atoms with Gasteiger partial charge in [0.2, 0.25) is 0 Å². The van der Waals surface area contributed by atoms with Gasteiger partial charge in [-0.1, -0.05) is 13.8 Å². The van der Waals surface area contributed by atoms with Crippen LogP contribution in [-0.2, 0) is 7.05 Å². The van der Waals surface area contributed by atoms with Crippen molar-refractivity contribution in [3.63, 3.8) is 0 Å². The molecule has 1 unspecified atom stereocenters. The zero-order valence-corrected chi connectivity index (χ0v) is 12.0. The Hall–Kier alpha value is -1.95. The van der Waals surface area contributed by atoms with E-state index in [1.165, 1.54) is 0 Å². The third-order valence-corrected chi connectivity index (χ3v) is 3.37. The summed E-state index contributed by atoms with van der Waals surface area (Å²) < 4.78 is 1.81. The molecule has 6 heteroatoms. The van der Waals surface area contributed by atoms with Crippen molar-refractivity contribution >= 4 is 17.1 Å². The number of carbonyl (C=O) groups excluding carboxylic acids is 1. The minimum atomic E-state index is -0.183. The summed E-state index contributed by atoms with van der Waals surface area (Å²) in [6.07, 6.45) is 3.76. The summed E-state index contributed by atoms with van der Waals surface area (Å²) in [5.74, 6) is 0.0786. The Balaban J connectivity index is 2.18. The second-order valence-corrected chi connectivity index (χ2v) is 5.26.